The number of aliphatic imine (C=N–C) groups is 1. The number of aromatic nitrogens is 1. The van der Waals surface area contributed by atoms with Crippen molar-refractivity contribution in [2.45, 2.75) is 59.4 Å². The van der Waals surface area contributed by atoms with Gasteiger partial charge in [-0.1, -0.05) is 12.8 Å². The Bertz CT molecular complexity index is 631. The molecular weight excluding hydrogens is 467 g/mol. The number of hydrogen-bond donors (Lipinski definition) is 2. The third-order valence-electron chi connectivity index (χ3n) is 5.61. The summed E-state index contributed by atoms with van der Waals surface area (Å²) >= 11 is 0. The highest BCUT2D eigenvalue weighted by molar-refractivity contribution is 14.0. The van der Waals surface area contributed by atoms with Gasteiger partial charge < -0.3 is 20.1 Å². The van der Waals surface area contributed by atoms with E-state index in [0.717, 1.165) is 54.6 Å². The number of hydrogen-bond acceptors (Lipinski definition) is 4. The van der Waals surface area contributed by atoms with E-state index in [1.807, 2.05) is 20.0 Å². The van der Waals surface area contributed by atoms with Gasteiger partial charge in [0.1, 0.15) is 5.75 Å². The maximum absolute atomic E-state index is 5.50. The van der Waals surface area contributed by atoms with Gasteiger partial charge in [-0.05, 0) is 45.4 Å². The van der Waals surface area contributed by atoms with Gasteiger partial charge in [-0.2, -0.15) is 0 Å². The summed E-state index contributed by atoms with van der Waals surface area (Å²) in [6.45, 7) is 9.27. The Morgan fingerprint density at radius 2 is 1.93 bits per heavy atom. The molecule has 0 bridgehead atoms. The summed E-state index contributed by atoms with van der Waals surface area (Å²) in [5.74, 6) is 1.75. The van der Waals surface area contributed by atoms with E-state index in [0.29, 0.717) is 12.0 Å². The summed E-state index contributed by atoms with van der Waals surface area (Å²) in [6, 6.07) is 0. The van der Waals surface area contributed by atoms with Gasteiger partial charge in [0, 0.05) is 44.1 Å². The van der Waals surface area contributed by atoms with Gasteiger partial charge in [-0.25, -0.2) is 4.99 Å². The fourth-order valence-electron chi connectivity index (χ4n) is 3.96. The van der Waals surface area contributed by atoms with Crippen LogP contribution in [0.3, 0.4) is 0 Å². The van der Waals surface area contributed by atoms with Crippen LogP contribution in [0.4, 0.5) is 0 Å². The van der Waals surface area contributed by atoms with Crippen molar-refractivity contribution in [3.63, 3.8) is 0 Å². The average molecular weight is 504 g/mol. The molecule has 0 aromatic carbocycles. The lowest BCUT2D eigenvalue weighted by Gasteiger charge is -2.30. The molecule has 0 radical (unpaired) electrons. The van der Waals surface area contributed by atoms with E-state index in [1.54, 1.807) is 14.2 Å². The van der Waals surface area contributed by atoms with Crippen LogP contribution < -0.4 is 15.4 Å². The molecule has 1 saturated carbocycles. The second-order valence-electron chi connectivity index (χ2n) is 7.54. The normalized spacial score (nSPS) is 15.8. The number of ether oxygens (including phenoxy) is 2. The van der Waals surface area contributed by atoms with Gasteiger partial charge >= 0.3 is 0 Å². The molecule has 6 nitrogen and oxygen atoms in total. The number of halogens is 1. The Labute approximate surface area is 187 Å². The second-order valence-corrected chi connectivity index (χ2v) is 7.54. The first-order chi connectivity index (χ1) is 13.0. The molecule has 0 amide bonds. The first kappa shape index (κ1) is 24.9. The molecule has 0 aliphatic heterocycles. The van der Waals surface area contributed by atoms with E-state index >= 15 is 0 Å². The lowest BCUT2D eigenvalue weighted by atomic mass is 9.83. The molecule has 0 atom stereocenters. The van der Waals surface area contributed by atoms with Gasteiger partial charge in [-0.3, -0.25) is 4.98 Å². The van der Waals surface area contributed by atoms with Crippen LogP contribution in [0.2, 0.25) is 0 Å². The Hall–Kier alpha value is -1.09. The number of nitrogens with zero attached hydrogens (tertiary/aromatic N) is 2. The topological polar surface area (TPSA) is 67.8 Å². The van der Waals surface area contributed by atoms with Gasteiger partial charge in [0.15, 0.2) is 5.96 Å². The van der Waals surface area contributed by atoms with Crippen LogP contribution in [0, 0.1) is 19.3 Å². The Morgan fingerprint density at radius 3 is 2.54 bits per heavy atom. The molecule has 160 valence electrons. The van der Waals surface area contributed by atoms with Crippen molar-refractivity contribution >= 4 is 29.9 Å². The minimum atomic E-state index is 0. The number of methoxy groups -OCH3 is 2. The molecule has 1 fully saturated rings. The van der Waals surface area contributed by atoms with Crippen LogP contribution >= 0.6 is 24.0 Å². The van der Waals surface area contributed by atoms with Crippen molar-refractivity contribution in [2.75, 3.05) is 33.9 Å². The minimum Gasteiger partial charge on any atom is -0.496 e. The molecular formula is C21H37IN4O2. The maximum atomic E-state index is 5.50. The van der Waals surface area contributed by atoms with Crippen molar-refractivity contribution in [1.82, 2.24) is 15.6 Å². The monoisotopic (exact) mass is 504 g/mol. The Kier molecular flexibility index (Phi) is 11.1. The quantitative estimate of drug-likeness (QED) is 0.303. The largest absolute Gasteiger partial charge is 0.496 e. The second kappa shape index (κ2) is 12.5. The van der Waals surface area contributed by atoms with Crippen LogP contribution in [-0.2, 0) is 11.3 Å². The zero-order valence-corrected chi connectivity index (χ0v) is 20.4. The summed E-state index contributed by atoms with van der Waals surface area (Å²) in [5, 5.41) is 6.92. The fourth-order valence-corrected chi connectivity index (χ4v) is 3.96. The zero-order valence-electron chi connectivity index (χ0n) is 18.1. The predicted octanol–water partition coefficient (Wildman–Crippen LogP) is 3.98. The number of rotatable bonds is 9. The zero-order chi connectivity index (χ0) is 19.7. The van der Waals surface area contributed by atoms with E-state index < -0.39 is 0 Å². The standard InChI is InChI=1S/C21H36N4O2.HI/c1-6-22-20(25-15-21(11-12-26-4)9-7-8-10-21)24-14-18-17(3)19(27-5)16(2)13-23-18;/h13H,6-12,14-15H2,1-5H3,(H2,22,24,25);1H. The first-order valence-corrected chi connectivity index (χ1v) is 10.1. The van der Waals surface area contributed by atoms with E-state index in [4.69, 9.17) is 14.5 Å². The van der Waals surface area contributed by atoms with Crippen molar-refractivity contribution in [3.05, 3.63) is 23.0 Å². The molecule has 1 aliphatic carbocycles. The SMILES string of the molecule is CCNC(=NCc1ncc(C)c(OC)c1C)NCC1(CCOC)CCCC1.I. The fraction of sp³-hybridized carbons (Fsp3) is 0.714. The molecule has 1 heterocycles. The molecule has 2 rings (SSSR count). The van der Waals surface area contributed by atoms with Crippen LogP contribution in [0.25, 0.3) is 0 Å². The maximum Gasteiger partial charge on any atom is 0.191 e. The molecule has 28 heavy (non-hydrogen) atoms. The summed E-state index contributed by atoms with van der Waals surface area (Å²) in [4.78, 5) is 9.32. The molecule has 1 aromatic rings. The van der Waals surface area contributed by atoms with Crippen LogP contribution in [0.1, 0.15) is 55.8 Å². The summed E-state index contributed by atoms with van der Waals surface area (Å²) in [7, 11) is 3.49. The van der Waals surface area contributed by atoms with Crippen LogP contribution in [0.5, 0.6) is 5.75 Å². The molecule has 1 aliphatic rings. The van der Waals surface area contributed by atoms with E-state index in [2.05, 4.69) is 22.5 Å². The van der Waals surface area contributed by atoms with Crippen molar-refractivity contribution in [2.24, 2.45) is 10.4 Å². The highest BCUT2D eigenvalue weighted by Crippen LogP contribution is 2.40. The number of nitrogens with one attached hydrogen (secondary N) is 2. The van der Waals surface area contributed by atoms with E-state index in [1.165, 1.54) is 25.7 Å². The van der Waals surface area contributed by atoms with Gasteiger partial charge in [-0.15, -0.1) is 24.0 Å². The highest BCUT2D eigenvalue weighted by atomic mass is 127. The van der Waals surface area contributed by atoms with Crippen LogP contribution in [-0.4, -0.2) is 44.9 Å². The Morgan fingerprint density at radius 1 is 1.21 bits per heavy atom. The lowest BCUT2D eigenvalue weighted by Crippen LogP contribution is -2.43. The number of guanidine groups is 1. The smallest absolute Gasteiger partial charge is 0.191 e. The van der Waals surface area contributed by atoms with Crippen molar-refractivity contribution < 1.29 is 9.47 Å². The number of aryl methyl sites for hydroxylation is 1. The molecule has 2 N–H and O–H groups in total. The van der Waals surface area contributed by atoms with Crippen LogP contribution in [0.15, 0.2) is 11.2 Å². The molecule has 7 heteroatoms. The predicted molar refractivity (Wildman–Crippen MR) is 126 cm³/mol. The Balaban J connectivity index is 0.00000392. The summed E-state index contributed by atoms with van der Waals surface area (Å²) in [6.07, 6.45) is 8.11. The van der Waals surface area contributed by atoms with E-state index in [-0.39, 0.29) is 24.0 Å². The average Bonchev–Trinajstić information content (AvgIpc) is 3.13. The van der Waals surface area contributed by atoms with Gasteiger partial charge in [0.05, 0.1) is 19.3 Å². The third kappa shape index (κ3) is 6.76. The molecule has 1 aromatic heterocycles. The van der Waals surface area contributed by atoms with Crippen molar-refractivity contribution in [3.8, 4) is 5.75 Å². The molecule has 0 unspecified atom stereocenters. The third-order valence-corrected chi connectivity index (χ3v) is 5.61. The first-order valence-electron chi connectivity index (χ1n) is 10.1. The minimum absolute atomic E-state index is 0. The van der Waals surface area contributed by atoms with Gasteiger partial charge in [0.25, 0.3) is 0 Å². The lowest BCUT2D eigenvalue weighted by molar-refractivity contribution is 0.138. The van der Waals surface area contributed by atoms with E-state index in [9.17, 15) is 0 Å². The molecule has 0 saturated heterocycles. The highest BCUT2D eigenvalue weighted by Gasteiger charge is 2.33. The van der Waals surface area contributed by atoms with Crippen molar-refractivity contribution in [1.29, 1.82) is 0 Å². The summed E-state index contributed by atoms with van der Waals surface area (Å²) in [5.41, 5.74) is 3.39. The van der Waals surface area contributed by atoms with Gasteiger partial charge in [0.2, 0.25) is 0 Å². The number of pyridine rings is 1. The summed E-state index contributed by atoms with van der Waals surface area (Å²) < 4.78 is 10.8. The molecule has 0 spiro atoms.